The Morgan fingerprint density at radius 2 is 1.10 bits per heavy atom. The van der Waals surface area contributed by atoms with E-state index in [0.29, 0.717) is 7.25 Å². The summed E-state index contributed by atoms with van der Waals surface area (Å²) in [6.45, 7) is 0. The van der Waals surface area contributed by atoms with E-state index in [1.165, 1.54) is 23.5 Å². The molecule has 3 aromatic carbocycles. The Morgan fingerprint density at radius 3 is 1.62 bits per heavy atom. The van der Waals surface area contributed by atoms with Gasteiger partial charge in [0, 0.05) is 0 Å². The summed E-state index contributed by atoms with van der Waals surface area (Å²) in [6.07, 6.45) is 10.0. The van der Waals surface area contributed by atoms with Gasteiger partial charge in [0.1, 0.15) is 0 Å². The number of fused-ring (bicyclic) bond motifs is 2. The van der Waals surface area contributed by atoms with E-state index in [9.17, 15) is 0 Å². The third-order valence-corrected chi connectivity index (χ3v) is 27.7. The normalized spacial score (nSPS) is 25.3. The third-order valence-electron chi connectivity index (χ3n) is 7.96. The molecule has 3 aromatic rings. The van der Waals surface area contributed by atoms with Crippen molar-refractivity contribution in [1.29, 1.82) is 0 Å². The van der Waals surface area contributed by atoms with Gasteiger partial charge in [-0.2, -0.15) is 0 Å². The van der Waals surface area contributed by atoms with Crippen LogP contribution < -0.4 is 0 Å². The first-order chi connectivity index (χ1) is 13.8. The van der Waals surface area contributed by atoms with Crippen molar-refractivity contribution in [2.75, 3.05) is 0 Å². The Bertz CT molecular complexity index is 1060. The van der Waals surface area contributed by atoms with E-state index in [1.54, 1.807) is 16.7 Å². The molecule has 1 heterocycles. The van der Waals surface area contributed by atoms with E-state index in [2.05, 4.69) is 103 Å². The summed E-state index contributed by atoms with van der Waals surface area (Å²) in [5, 5.41) is 0. The number of rotatable bonds is 4. The van der Waals surface area contributed by atoms with Gasteiger partial charge in [-0.3, -0.25) is 0 Å². The van der Waals surface area contributed by atoms with Crippen LogP contribution in [0.15, 0.2) is 91.0 Å². The molecule has 2 heteroatoms. The molecule has 0 spiro atoms. The minimum Gasteiger partial charge on any atom is -0.147 e. The first-order valence-corrected chi connectivity index (χ1v) is 18.6. The molecular formula is C27H26ClZr. The Labute approximate surface area is 180 Å². The molecule has 1 fully saturated rings. The summed E-state index contributed by atoms with van der Waals surface area (Å²) in [7, 11) is 0. The van der Waals surface area contributed by atoms with Crippen molar-refractivity contribution in [2.24, 2.45) is 0 Å². The molecule has 3 aliphatic rings. The summed E-state index contributed by atoms with van der Waals surface area (Å²) in [4.78, 5) is 0. The van der Waals surface area contributed by atoms with Gasteiger partial charge in [-0.1, -0.05) is 0 Å². The monoisotopic (exact) mass is 475 g/mol. The van der Waals surface area contributed by atoms with E-state index in [1.807, 2.05) is 0 Å². The molecule has 0 radical (unpaired) electrons. The summed E-state index contributed by atoms with van der Waals surface area (Å²) in [6, 6.07) is 29.6. The van der Waals surface area contributed by atoms with E-state index < -0.39 is 18.8 Å². The summed E-state index contributed by atoms with van der Waals surface area (Å²) in [5.41, 5.74) is 7.69. The molecule has 29 heavy (non-hydrogen) atoms. The quantitative estimate of drug-likeness (QED) is 0.362. The van der Waals surface area contributed by atoms with Crippen LogP contribution >= 0.6 is 12.4 Å². The number of benzene rings is 3. The molecule has 2 unspecified atom stereocenters. The number of hydrogen-bond donors (Lipinski definition) is 0. The molecule has 6 rings (SSSR count). The van der Waals surface area contributed by atoms with Gasteiger partial charge in [-0.15, -0.1) is 12.4 Å². The molecule has 0 N–H and O–H groups in total. The van der Waals surface area contributed by atoms with Gasteiger partial charge in [0.15, 0.2) is 0 Å². The first kappa shape index (κ1) is 19.3. The Morgan fingerprint density at radius 1 is 0.621 bits per heavy atom. The zero-order valence-corrected chi connectivity index (χ0v) is 19.8. The minimum atomic E-state index is -3.21. The third kappa shape index (κ3) is 2.74. The van der Waals surface area contributed by atoms with Crippen molar-refractivity contribution >= 4 is 24.6 Å². The predicted octanol–water partition coefficient (Wildman–Crippen LogP) is 7.68. The summed E-state index contributed by atoms with van der Waals surface area (Å²) < 4.78 is 5.68. The predicted molar refractivity (Wildman–Crippen MR) is 123 cm³/mol. The number of allylic oxidation sites excluding steroid dienone is 2. The average Bonchev–Trinajstić information content (AvgIpc) is 3.14. The smallest absolute Gasteiger partial charge is 0.147 e. The fourth-order valence-corrected chi connectivity index (χ4v) is 31.9. The van der Waals surface area contributed by atoms with Crippen LogP contribution in [0, 0.1) is 0 Å². The number of hydrogen-bond acceptors (Lipinski definition) is 0. The van der Waals surface area contributed by atoms with Gasteiger partial charge in [0.05, 0.1) is 0 Å². The van der Waals surface area contributed by atoms with Crippen LogP contribution in [0.25, 0.3) is 12.2 Å². The van der Waals surface area contributed by atoms with Crippen molar-refractivity contribution < 1.29 is 18.8 Å². The average molecular weight is 477 g/mol. The largest absolute Gasteiger partial charge is 0.147 e. The first-order valence-electron chi connectivity index (χ1n) is 10.5. The van der Waals surface area contributed by atoms with E-state index in [4.69, 9.17) is 0 Å². The molecule has 0 saturated carbocycles. The van der Waals surface area contributed by atoms with Gasteiger partial charge in [-0.05, 0) is 0 Å². The fourth-order valence-electron chi connectivity index (χ4n) is 6.42. The number of halogens is 1. The zero-order valence-electron chi connectivity index (χ0n) is 16.5. The maximum absolute atomic E-state index is 3.21. The molecule has 2 aliphatic carbocycles. The second-order valence-corrected chi connectivity index (χ2v) is 26.1. The zero-order chi connectivity index (χ0) is 18.6. The van der Waals surface area contributed by atoms with Crippen LogP contribution in [-0.2, 0) is 22.9 Å². The molecule has 0 aromatic heterocycles. The summed E-state index contributed by atoms with van der Waals surface area (Å²) >= 11 is -3.21. The molecule has 0 nitrogen and oxygen atoms in total. The van der Waals surface area contributed by atoms with Gasteiger partial charge in [-0.25, -0.2) is 0 Å². The Hall–Kier alpha value is -1.69. The van der Waals surface area contributed by atoms with Gasteiger partial charge < -0.3 is 0 Å². The second-order valence-electron chi connectivity index (χ2n) is 9.24. The van der Waals surface area contributed by atoms with Gasteiger partial charge in [0.2, 0.25) is 0 Å². The van der Waals surface area contributed by atoms with E-state index in [-0.39, 0.29) is 12.4 Å². The second kappa shape index (κ2) is 6.93. The fraction of sp³-hybridized carbons (Fsp3) is 0.185. The van der Waals surface area contributed by atoms with Crippen molar-refractivity contribution in [1.82, 2.24) is 0 Å². The van der Waals surface area contributed by atoms with Crippen LogP contribution in [0.4, 0.5) is 0 Å². The van der Waals surface area contributed by atoms with Crippen LogP contribution in [-0.4, -0.2) is 0 Å². The molecule has 145 valence electrons. The maximum atomic E-state index is 2.60. The summed E-state index contributed by atoms with van der Waals surface area (Å²) in [5.74, 6) is 0. The minimum absolute atomic E-state index is 0. The van der Waals surface area contributed by atoms with Crippen LogP contribution in [0.5, 0.6) is 0 Å². The van der Waals surface area contributed by atoms with E-state index >= 15 is 0 Å². The van der Waals surface area contributed by atoms with Crippen molar-refractivity contribution in [3.05, 3.63) is 119 Å². The topological polar surface area (TPSA) is 0 Å². The van der Waals surface area contributed by atoms with Crippen LogP contribution in [0.2, 0.25) is 8.26 Å². The molecule has 0 amide bonds. The van der Waals surface area contributed by atoms with Gasteiger partial charge in [0.25, 0.3) is 0 Å². The standard InChI is InChI=1S/2C9H7.C7H7.C2H4.ClH.Zr/c2*1-2-5-9-7-3-6-8(9)4-1;1-7-5-3-2-4-6-7;1-2;;/h2*1-7H;2-6H,1H2;1-2H2;1H;. The maximum Gasteiger partial charge on any atom is -0.147 e. The molecule has 1 aliphatic heterocycles. The Kier molecular flexibility index (Phi) is 4.61. The molecule has 1 saturated heterocycles. The Balaban J connectivity index is 0.00000181. The molecule has 0 bridgehead atoms. The van der Waals surface area contributed by atoms with Crippen LogP contribution in [0.3, 0.4) is 0 Å². The molecular weight excluding hydrogens is 451 g/mol. The van der Waals surface area contributed by atoms with Crippen molar-refractivity contribution in [3.8, 4) is 0 Å². The van der Waals surface area contributed by atoms with Crippen LogP contribution in [0.1, 0.15) is 35.1 Å². The van der Waals surface area contributed by atoms with Crippen molar-refractivity contribution in [3.63, 3.8) is 0 Å². The SMILES string of the molecule is C1=C[CH]([Zr]2([CH2]c3ccccc3)([CH]3C=Cc4ccccc43)[CH2][CH2]2)c2ccccc21.Cl. The van der Waals surface area contributed by atoms with E-state index in [0.717, 1.165) is 0 Å². The molecule has 2 atom stereocenters. The van der Waals surface area contributed by atoms with Gasteiger partial charge >= 0.3 is 169 Å². The van der Waals surface area contributed by atoms with Crippen molar-refractivity contribution in [2.45, 2.75) is 19.6 Å².